The molecule has 2 rings (SSSR count). The van der Waals surface area contributed by atoms with Gasteiger partial charge in [-0.25, -0.2) is 4.79 Å². The molecule has 0 radical (unpaired) electrons. The number of esters is 1. The van der Waals surface area contributed by atoms with Crippen LogP contribution in [0.25, 0.3) is 0 Å². The number of likely N-dealkylation sites (N-methyl/N-ethyl adjacent to an activating group) is 1. The van der Waals surface area contributed by atoms with E-state index >= 15 is 0 Å². The number of halogens is 1. The average molecular weight is 363 g/mol. The molecule has 0 spiro atoms. The van der Waals surface area contributed by atoms with Crippen molar-refractivity contribution in [2.24, 2.45) is 0 Å². The Morgan fingerprint density at radius 1 is 1.16 bits per heavy atom. The molecule has 130 valence electrons. The largest absolute Gasteiger partial charge is 0.443 e. The summed E-state index contributed by atoms with van der Waals surface area (Å²) in [6, 6.07) is 12.0. The normalized spacial score (nSPS) is 11.5. The van der Waals surface area contributed by atoms with Crippen LogP contribution in [-0.4, -0.2) is 35.8 Å². The van der Waals surface area contributed by atoms with Crippen LogP contribution in [0.4, 0.5) is 5.69 Å². The number of ether oxygens (including phenoxy) is 1. The minimum Gasteiger partial charge on any atom is -0.443 e. The van der Waals surface area contributed by atoms with Crippen molar-refractivity contribution < 1.29 is 19.2 Å². The topological polar surface area (TPSA) is 89.8 Å². The Balaban J connectivity index is 2.38. The zero-order valence-electron chi connectivity index (χ0n) is 13.5. The third-order valence-electron chi connectivity index (χ3n) is 3.37. The summed E-state index contributed by atoms with van der Waals surface area (Å²) >= 11 is 5.74. The van der Waals surface area contributed by atoms with Crippen LogP contribution in [0.1, 0.15) is 22.0 Å². The van der Waals surface area contributed by atoms with Crippen molar-refractivity contribution in [3.8, 4) is 0 Å². The van der Waals surface area contributed by atoms with Crippen molar-refractivity contribution in [2.45, 2.75) is 6.10 Å². The molecule has 0 aromatic heterocycles. The summed E-state index contributed by atoms with van der Waals surface area (Å²) in [6.45, 7) is 0. The predicted octanol–water partition coefficient (Wildman–Crippen LogP) is 3.23. The van der Waals surface area contributed by atoms with E-state index in [2.05, 4.69) is 0 Å². The summed E-state index contributed by atoms with van der Waals surface area (Å²) < 4.78 is 5.30. The number of hydrogen-bond donors (Lipinski definition) is 0. The Bertz CT molecular complexity index is 808. The smallest absolute Gasteiger partial charge is 0.346 e. The third-order valence-corrected chi connectivity index (χ3v) is 3.60. The summed E-state index contributed by atoms with van der Waals surface area (Å²) in [5.74, 6) is -1.44. The molecule has 1 atom stereocenters. The Morgan fingerprint density at radius 2 is 1.80 bits per heavy atom. The quantitative estimate of drug-likeness (QED) is 0.462. The fourth-order valence-electron chi connectivity index (χ4n) is 2.12. The Kier molecular flexibility index (Phi) is 5.71. The second kappa shape index (κ2) is 7.76. The molecule has 0 saturated heterocycles. The zero-order valence-corrected chi connectivity index (χ0v) is 14.3. The molecule has 0 heterocycles. The van der Waals surface area contributed by atoms with Crippen molar-refractivity contribution in [1.29, 1.82) is 0 Å². The van der Waals surface area contributed by atoms with Crippen molar-refractivity contribution in [1.82, 2.24) is 4.90 Å². The van der Waals surface area contributed by atoms with Crippen molar-refractivity contribution >= 4 is 29.2 Å². The highest BCUT2D eigenvalue weighted by Crippen LogP contribution is 2.27. The average Bonchev–Trinajstić information content (AvgIpc) is 2.59. The summed E-state index contributed by atoms with van der Waals surface area (Å²) in [5.41, 5.74) is -0.297. The molecule has 0 fully saturated rings. The van der Waals surface area contributed by atoms with Crippen LogP contribution in [0.15, 0.2) is 48.5 Å². The van der Waals surface area contributed by atoms with E-state index in [1.165, 1.54) is 31.1 Å². The van der Waals surface area contributed by atoms with Gasteiger partial charge in [0.15, 0.2) is 0 Å². The number of benzene rings is 2. The molecule has 2 aromatic carbocycles. The number of nitro groups is 1. The summed E-state index contributed by atoms with van der Waals surface area (Å²) in [4.78, 5) is 36.5. The summed E-state index contributed by atoms with van der Waals surface area (Å²) in [6.07, 6.45) is -1.21. The maximum absolute atomic E-state index is 12.5. The highest BCUT2D eigenvalue weighted by Gasteiger charge is 2.30. The molecule has 8 heteroatoms. The number of nitrogens with zero attached hydrogens (tertiary/aromatic N) is 2. The van der Waals surface area contributed by atoms with Crippen LogP contribution >= 0.6 is 11.6 Å². The van der Waals surface area contributed by atoms with Gasteiger partial charge in [-0.3, -0.25) is 14.9 Å². The lowest BCUT2D eigenvalue weighted by Gasteiger charge is -2.21. The van der Waals surface area contributed by atoms with E-state index in [0.29, 0.717) is 5.56 Å². The van der Waals surface area contributed by atoms with E-state index < -0.39 is 28.6 Å². The molecule has 0 saturated carbocycles. The molecule has 0 N–H and O–H groups in total. The Hall–Kier alpha value is -2.93. The maximum Gasteiger partial charge on any atom is 0.346 e. The van der Waals surface area contributed by atoms with E-state index in [1.807, 2.05) is 0 Å². The van der Waals surface area contributed by atoms with Gasteiger partial charge in [-0.15, -0.1) is 0 Å². The van der Waals surface area contributed by atoms with Gasteiger partial charge in [-0.2, -0.15) is 0 Å². The number of rotatable bonds is 5. The molecule has 0 aliphatic rings. The number of amides is 1. The highest BCUT2D eigenvalue weighted by molar-refractivity contribution is 6.31. The first-order chi connectivity index (χ1) is 11.8. The molecule has 7 nitrogen and oxygen atoms in total. The van der Waals surface area contributed by atoms with E-state index in [0.717, 1.165) is 6.07 Å². The van der Waals surface area contributed by atoms with Gasteiger partial charge in [0.05, 0.1) is 4.92 Å². The number of carbonyl (C=O) groups is 2. The van der Waals surface area contributed by atoms with Gasteiger partial charge in [-0.1, -0.05) is 41.9 Å². The van der Waals surface area contributed by atoms with Gasteiger partial charge < -0.3 is 9.64 Å². The van der Waals surface area contributed by atoms with Crippen molar-refractivity contribution in [3.05, 3.63) is 74.8 Å². The third kappa shape index (κ3) is 4.33. The van der Waals surface area contributed by atoms with Gasteiger partial charge in [-0.05, 0) is 12.1 Å². The van der Waals surface area contributed by atoms with Crippen molar-refractivity contribution in [3.63, 3.8) is 0 Å². The fourth-order valence-corrected chi connectivity index (χ4v) is 2.29. The van der Waals surface area contributed by atoms with E-state index in [9.17, 15) is 19.7 Å². The van der Waals surface area contributed by atoms with Crippen LogP contribution in [0.2, 0.25) is 5.02 Å². The molecule has 1 amide bonds. The number of hydrogen-bond acceptors (Lipinski definition) is 5. The first-order valence-electron chi connectivity index (χ1n) is 7.22. The number of carbonyl (C=O) groups excluding carboxylic acids is 2. The zero-order chi connectivity index (χ0) is 18.6. The van der Waals surface area contributed by atoms with Gasteiger partial charge in [0.1, 0.15) is 5.56 Å². The van der Waals surface area contributed by atoms with Crippen molar-refractivity contribution in [2.75, 3.05) is 14.1 Å². The van der Waals surface area contributed by atoms with Gasteiger partial charge in [0.25, 0.3) is 11.6 Å². The van der Waals surface area contributed by atoms with Gasteiger partial charge in [0, 0.05) is 30.7 Å². The predicted molar refractivity (Wildman–Crippen MR) is 91.4 cm³/mol. The van der Waals surface area contributed by atoms with E-state index in [-0.39, 0.29) is 10.6 Å². The molecular weight excluding hydrogens is 348 g/mol. The van der Waals surface area contributed by atoms with Crippen LogP contribution in [0.3, 0.4) is 0 Å². The first-order valence-corrected chi connectivity index (χ1v) is 7.60. The maximum atomic E-state index is 12.5. The second-order valence-electron chi connectivity index (χ2n) is 5.35. The van der Waals surface area contributed by atoms with Crippen LogP contribution in [-0.2, 0) is 9.53 Å². The minimum absolute atomic E-state index is 0.118. The molecule has 0 aliphatic heterocycles. The monoisotopic (exact) mass is 362 g/mol. The molecule has 0 aliphatic carbocycles. The fraction of sp³-hybridized carbons (Fsp3) is 0.176. The lowest BCUT2D eigenvalue weighted by atomic mass is 10.1. The Labute approximate surface area is 148 Å². The van der Waals surface area contributed by atoms with Gasteiger partial charge >= 0.3 is 5.97 Å². The standard InChI is InChI=1S/C17H15ClN2O5/c1-19(2)16(21)15(11-6-4-3-5-7-11)25-17(22)13-9-8-12(18)10-14(13)20(23)24/h3-10,15H,1-2H3/t15-/m0/s1. The second-order valence-corrected chi connectivity index (χ2v) is 5.78. The molecular formula is C17H15ClN2O5. The molecule has 25 heavy (non-hydrogen) atoms. The van der Waals surface area contributed by atoms with Crippen LogP contribution in [0, 0.1) is 10.1 Å². The van der Waals surface area contributed by atoms with Gasteiger partial charge in [0.2, 0.25) is 6.10 Å². The molecule has 0 bridgehead atoms. The summed E-state index contributed by atoms with van der Waals surface area (Å²) in [5, 5.41) is 11.3. The first kappa shape index (κ1) is 18.4. The van der Waals surface area contributed by atoms with Crippen LogP contribution < -0.4 is 0 Å². The minimum atomic E-state index is -1.21. The lowest BCUT2D eigenvalue weighted by Crippen LogP contribution is -2.31. The molecule has 2 aromatic rings. The van der Waals surface area contributed by atoms with Crippen LogP contribution in [0.5, 0.6) is 0 Å². The van der Waals surface area contributed by atoms with E-state index in [4.69, 9.17) is 16.3 Å². The summed E-state index contributed by atoms with van der Waals surface area (Å²) in [7, 11) is 3.05. The lowest BCUT2D eigenvalue weighted by molar-refractivity contribution is -0.385. The SMILES string of the molecule is CN(C)C(=O)[C@@H](OC(=O)c1ccc(Cl)cc1[N+](=O)[O-])c1ccccc1. The molecule has 0 unspecified atom stereocenters. The Morgan fingerprint density at radius 3 is 2.36 bits per heavy atom. The number of nitro benzene ring substituents is 1. The highest BCUT2D eigenvalue weighted by atomic mass is 35.5. The van der Waals surface area contributed by atoms with E-state index in [1.54, 1.807) is 30.3 Å².